The van der Waals surface area contributed by atoms with Crippen LogP contribution in [0.3, 0.4) is 0 Å². The lowest BCUT2D eigenvalue weighted by atomic mass is 9.81. The molecule has 1 saturated carbocycles. The standard InChI is InChI=1S/C27H28F2N4O4/c1-27-14-20-19-13-18(37-25(28)29)8-9-21(19)31-22(20)23(15-4-2-7-17(34)12-15)33(27)26(36)32(24(27)35)11-10-30-16-5-3-6-16/h2,4,7-9,12-13,16,23,25,30-31,34H,3,5-6,10-11,14H2,1H3/t23-,27+/m1/s1. The van der Waals surface area contributed by atoms with E-state index in [0.717, 1.165) is 18.4 Å². The van der Waals surface area contributed by atoms with E-state index >= 15 is 0 Å². The maximum absolute atomic E-state index is 13.8. The van der Waals surface area contributed by atoms with Gasteiger partial charge in [0, 0.05) is 42.1 Å². The van der Waals surface area contributed by atoms with Crippen LogP contribution in [0.15, 0.2) is 42.5 Å². The number of nitrogens with one attached hydrogen (secondary N) is 2. The van der Waals surface area contributed by atoms with E-state index in [1.807, 2.05) is 0 Å². The zero-order chi connectivity index (χ0) is 25.9. The normalized spacial score (nSPS) is 23.5. The van der Waals surface area contributed by atoms with Crippen LogP contribution in [0, 0.1) is 0 Å². The molecule has 2 atom stereocenters. The predicted molar refractivity (Wildman–Crippen MR) is 132 cm³/mol. The van der Waals surface area contributed by atoms with Gasteiger partial charge in [-0.2, -0.15) is 8.78 Å². The maximum atomic E-state index is 13.8. The molecule has 8 nitrogen and oxygen atoms in total. The molecule has 0 unspecified atom stereocenters. The number of H-pyrrole nitrogens is 1. The minimum absolute atomic E-state index is 0.0170. The van der Waals surface area contributed by atoms with E-state index in [4.69, 9.17) is 0 Å². The Kier molecular flexibility index (Phi) is 5.59. The van der Waals surface area contributed by atoms with Gasteiger partial charge in [0.05, 0.1) is 0 Å². The summed E-state index contributed by atoms with van der Waals surface area (Å²) in [6.07, 6.45) is 3.61. The highest BCUT2D eigenvalue weighted by Crippen LogP contribution is 2.49. The average Bonchev–Trinajstić information content (AvgIpc) is 3.26. The van der Waals surface area contributed by atoms with Crippen LogP contribution in [0.2, 0.25) is 0 Å². The molecule has 37 heavy (non-hydrogen) atoms. The lowest BCUT2D eigenvalue weighted by Gasteiger charge is -2.42. The van der Waals surface area contributed by atoms with E-state index in [2.05, 4.69) is 15.0 Å². The summed E-state index contributed by atoms with van der Waals surface area (Å²) in [4.78, 5) is 33.9. The third kappa shape index (κ3) is 3.81. The van der Waals surface area contributed by atoms with Gasteiger partial charge in [0.1, 0.15) is 23.1 Å². The Balaban J connectivity index is 1.44. The molecule has 10 heteroatoms. The van der Waals surface area contributed by atoms with Crippen molar-refractivity contribution in [2.75, 3.05) is 13.1 Å². The van der Waals surface area contributed by atoms with Gasteiger partial charge in [0.2, 0.25) is 0 Å². The number of urea groups is 1. The van der Waals surface area contributed by atoms with Crippen LogP contribution in [0.4, 0.5) is 13.6 Å². The van der Waals surface area contributed by atoms with E-state index in [9.17, 15) is 23.5 Å². The Hall–Kier alpha value is -3.66. The minimum Gasteiger partial charge on any atom is -0.508 e. The van der Waals surface area contributed by atoms with Gasteiger partial charge in [-0.1, -0.05) is 18.6 Å². The lowest BCUT2D eigenvalue weighted by Crippen LogP contribution is -2.53. The number of carbonyl (C=O) groups is 2. The first-order valence-corrected chi connectivity index (χ1v) is 12.5. The van der Waals surface area contributed by atoms with Crippen LogP contribution < -0.4 is 10.1 Å². The summed E-state index contributed by atoms with van der Waals surface area (Å²) in [5.74, 6) is -0.240. The molecule has 2 aliphatic heterocycles. The lowest BCUT2D eigenvalue weighted by molar-refractivity contribution is -0.133. The highest BCUT2D eigenvalue weighted by atomic mass is 19.3. The fourth-order valence-corrected chi connectivity index (χ4v) is 5.90. The van der Waals surface area contributed by atoms with E-state index in [0.29, 0.717) is 34.7 Å². The Morgan fingerprint density at radius 1 is 1.22 bits per heavy atom. The van der Waals surface area contributed by atoms with Gasteiger partial charge in [-0.3, -0.25) is 14.6 Å². The summed E-state index contributed by atoms with van der Waals surface area (Å²) < 4.78 is 30.4. The fourth-order valence-electron chi connectivity index (χ4n) is 5.90. The van der Waals surface area contributed by atoms with Crippen molar-refractivity contribution in [3.63, 3.8) is 0 Å². The predicted octanol–water partition coefficient (Wildman–Crippen LogP) is 4.29. The number of hydrogen-bond acceptors (Lipinski definition) is 5. The van der Waals surface area contributed by atoms with Gasteiger partial charge in [0.15, 0.2) is 0 Å². The number of rotatable bonds is 7. The zero-order valence-corrected chi connectivity index (χ0v) is 20.3. The number of aromatic amines is 1. The Morgan fingerprint density at radius 2 is 2.03 bits per heavy atom. The second kappa shape index (κ2) is 8.72. The largest absolute Gasteiger partial charge is 0.508 e. The molecule has 2 fully saturated rings. The molecular formula is C27H28F2N4O4. The van der Waals surface area contributed by atoms with Gasteiger partial charge < -0.3 is 20.1 Å². The molecule has 194 valence electrons. The molecule has 0 spiro atoms. The summed E-state index contributed by atoms with van der Waals surface area (Å²) in [6.45, 7) is -0.431. The molecule has 0 bridgehead atoms. The van der Waals surface area contributed by atoms with Crippen LogP contribution >= 0.6 is 0 Å². The number of ether oxygens (including phenoxy) is 1. The van der Waals surface area contributed by atoms with Crippen LogP contribution in [-0.4, -0.2) is 63.1 Å². The summed E-state index contributed by atoms with van der Waals surface area (Å²) in [5.41, 5.74) is 1.58. The van der Waals surface area contributed by atoms with Crippen LogP contribution in [0.25, 0.3) is 10.9 Å². The molecule has 0 radical (unpaired) electrons. The topological polar surface area (TPSA) is 97.9 Å². The van der Waals surface area contributed by atoms with Crippen molar-refractivity contribution >= 4 is 22.8 Å². The second-order valence-electron chi connectivity index (χ2n) is 10.2. The number of halogens is 2. The number of alkyl halides is 2. The number of amides is 3. The van der Waals surface area contributed by atoms with Crippen LogP contribution in [-0.2, 0) is 11.2 Å². The molecule has 2 aromatic carbocycles. The molecule has 3 heterocycles. The van der Waals surface area contributed by atoms with E-state index in [1.165, 1.54) is 23.5 Å². The number of nitrogens with zero attached hydrogens (tertiary/aromatic N) is 2. The van der Waals surface area contributed by atoms with Crippen molar-refractivity contribution in [2.24, 2.45) is 0 Å². The van der Waals surface area contributed by atoms with Gasteiger partial charge in [0.25, 0.3) is 5.91 Å². The van der Waals surface area contributed by atoms with Gasteiger partial charge in [-0.25, -0.2) is 4.79 Å². The third-order valence-electron chi connectivity index (χ3n) is 7.92. The maximum Gasteiger partial charge on any atom is 0.387 e. The summed E-state index contributed by atoms with van der Waals surface area (Å²) in [5, 5.41) is 14.3. The van der Waals surface area contributed by atoms with E-state index in [1.54, 1.807) is 42.2 Å². The van der Waals surface area contributed by atoms with E-state index < -0.39 is 18.2 Å². The number of imide groups is 1. The van der Waals surface area contributed by atoms with Crippen molar-refractivity contribution in [1.82, 2.24) is 20.1 Å². The second-order valence-corrected chi connectivity index (χ2v) is 10.2. The van der Waals surface area contributed by atoms with Crippen LogP contribution in [0.1, 0.15) is 49.0 Å². The molecule has 1 saturated heterocycles. The third-order valence-corrected chi connectivity index (χ3v) is 7.92. The molecule has 3 N–H and O–H groups in total. The first-order chi connectivity index (χ1) is 17.8. The summed E-state index contributed by atoms with van der Waals surface area (Å²) in [7, 11) is 0. The van der Waals surface area contributed by atoms with Crippen molar-refractivity contribution in [1.29, 1.82) is 0 Å². The van der Waals surface area contributed by atoms with Crippen molar-refractivity contribution in [3.8, 4) is 11.5 Å². The highest BCUT2D eigenvalue weighted by molar-refractivity contribution is 6.08. The molecule has 3 aromatic rings. The van der Waals surface area contributed by atoms with Gasteiger partial charge in [-0.05, 0) is 61.2 Å². The van der Waals surface area contributed by atoms with Crippen molar-refractivity contribution < 1.29 is 28.2 Å². The van der Waals surface area contributed by atoms with Crippen molar-refractivity contribution in [2.45, 2.75) is 56.8 Å². The summed E-state index contributed by atoms with van der Waals surface area (Å²) in [6, 6.07) is 10.6. The number of aromatic nitrogens is 1. The highest BCUT2D eigenvalue weighted by Gasteiger charge is 2.60. The first kappa shape index (κ1) is 23.7. The fraction of sp³-hybridized carbons (Fsp3) is 0.407. The van der Waals surface area contributed by atoms with Crippen LogP contribution in [0.5, 0.6) is 11.5 Å². The Labute approximate surface area is 212 Å². The van der Waals surface area contributed by atoms with Gasteiger partial charge >= 0.3 is 12.6 Å². The Morgan fingerprint density at radius 3 is 2.73 bits per heavy atom. The number of fused-ring (bicyclic) bond motifs is 4. The SMILES string of the molecule is C[C@@]12Cc3c([nH]c4ccc(OC(F)F)cc34)[C@@H](c3cccc(O)c3)N1C(=O)N(CCNC1CCC1)C2=O. The first-order valence-electron chi connectivity index (χ1n) is 12.5. The average molecular weight is 511 g/mol. The smallest absolute Gasteiger partial charge is 0.387 e. The summed E-state index contributed by atoms with van der Waals surface area (Å²) >= 11 is 0. The number of hydrogen-bond donors (Lipinski definition) is 3. The quantitative estimate of drug-likeness (QED) is 0.412. The number of benzene rings is 2. The van der Waals surface area contributed by atoms with Gasteiger partial charge in [-0.15, -0.1) is 0 Å². The number of phenolic OH excluding ortho intramolecular Hbond substituents is 1. The zero-order valence-electron chi connectivity index (χ0n) is 20.3. The molecule has 1 aromatic heterocycles. The molecule has 1 aliphatic carbocycles. The molecule has 3 amide bonds. The molecular weight excluding hydrogens is 482 g/mol. The minimum atomic E-state index is -2.96. The number of phenols is 1. The van der Waals surface area contributed by atoms with Crippen molar-refractivity contribution in [3.05, 3.63) is 59.3 Å². The van der Waals surface area contributed by atoms with E-state index in [-0.39, 0.29) is 36.4 Å². The number of aromatic hydroxyl groups is 1. The molecule has 3 aliphatic rings. The number of carbonyl (C=O) groups excluding carboxylic acids is 2. The monoisotopic (exact) mass is 510 g/mol. The Bertz CT molecular complexity index is 1390. The molecule has 6 rings (SSSR count).